The number of anilines is 1. The fourth-order valence-corrected chi connectivity index (χ4v) is 3.46. The molecule has 0 amide bonds. The van der Waals surface area contributed by atoms with Crippen molar-refractivity contribution >= 4 is 15.7 Å². The summed E-state index contributed by atoms with van der Waals surface area (Å²) in [5.41, 5.74) is 0.580. The first-order chi connectivity index (χ1) is 10.0. The highest BCUT2D eigenvalue weighted by Gasteiger charge is 2.26. The van der Waals surface area contributed by atoms with E-state index in [1.165, 1.54) is 10.4 Å². The Morgan fingerprint density at radius 1 is 1.33 bits per heavy atom. The van der Waals surface area contributed by atoms with Crippen molar-refractivity contribution in [1.82, 2.24) is 4.31 Å². The summed E-state index contributed by atoms with van der Waals surface area (Å²) in [5, 5.41) is 21.0. The number of aliphatic hydroxyl groups is 2. The van der Waals surface area contributed by atoms with Crippen molar-refractivity contribution in [3.63, 3.8) is 0 Å². The van der Waals surface area contributed by atoms with Crippen LogP contribution >= 0.6 is 0 Å². The minimum absolute atomic E-state index is 0.150. The molecule has 1 unspecified atom stereocenters. The van der Waals surface area contributed by atoms with Gasteiger partial charge in [-0.25, -0.2) is 8.42 Å². The average Bonchev–Trinajstić information content (AvgIpc) is 2.53. The van der Waals surface area contributed by atoms with Crippen molar-refractivity contribution in [3.8, 4) is 0 Å². The van der Waals surface area contributed by atoms with Crippen molar-refractivity contribution in [2.45, 2.75) is 11.0 Å². The van der Waals surface area contributed by atoms with Crippen LogP contribution in [0.25, 0.3) is 0 Å². The number of morpholine rings is 1. The molecule has 1 aromatic rings. The highest BCUT2D eigenvalue weighted by Crippen LogP contribution is 2.20. The van der Waals surface area contributed by atoms with Crippen molar-refractivity contribution in [2.75, 3.05) is 44.8 Å². The van der Waals surface area contributed by atoms with Gasteiger partial charge in [-0.2, -0.15) is 4.31 Å². The van der Waals surface area contributed by atoms with Crippen LogP contribution in [0, 0.1) is 0 Å². The van der Waals surface area contributed by atoms with E-state index in [-0.39, 0.29) is 18.0 Å². The molecule has 1 aromatic carbocycles. The second kappa shape index (κ2) is 7.19. The fourth-order valence-electron chi connectivity index (χ4n) is 2.00. The van der Waals surface area contributed by atoms with E-state index in [4.69, 9.17) is 9.84 Å². The molecule has 1 aliphatic heterocycles. The van der Waals surface area contributed by atoms with E-state index in [9.17, 15) is 13.5 Å². The molecule has 0 aromatic heterocycles. The lowest BCUT2D eigenvalue weighted by molar-refractivity contribution is 0.0730. The predicted octanol–water partition coefficient (Wildman–Crippen LogP) is -0.527. The lowest BCUT2D eigenvalue weighted by Gasteiger charge is -2.26. The van der Waals surface area contributed by atoms with Gasteiger partial charge in [-0.15, -0.1) is 0 Å². The van der Waals surface area contributed by atoms with Gasteiger partial charge < -0.3 is 20.3 Å². The maximum absolute atomic E-state index is 12.5. The Hall–Kier alpha value is -1.19. The van der Waals surface area contributed by atoms with Gasteiger partial charge in [0.1, 0.15) is 0 Å². The van der Waals surface area contributed by atoms with Gasteiger partial charge in [0.15, 0.2) is 0 Å². The Bertz CT molecular complexity index is 557. The Morgan fingerprint density at radius 3 is 2.71 bits per heavy atom. The average molecular weight is 316 g/mol. The van der Waals surface area contributed by atoms with E-state index >= 15 is 0 Å². The van der Waals surface area contributed by atoms with E-state index in [1.807, 2.05) is 0 Å². The van der Waals surface area contributed by atoms with Gasteiger partial charge in [-0.1, -0.05) is 6.07 Å². The number of hydrogen-bond donors (Lipinski definition) is 3. The summed E-state index contributed by atoms with van der Waals surface area (Å²) < 4.78 is 31.5. The van der Waals surface area contributed by atoms with Crippen LogP contribution < -0.4 is 5.32 Å². The van der Waals surface area contributed by atoms with Crippen molar-refractivity contribution in [2.24, 2.45) is 0 Å². The van der Waals surface area contributed by atoms with Gasteiger partial charge in [-0.05, 0) is 18.2 Å². The standard InChI is InChI=1S/C13H20N2O5S/c16-10-12(17)9-14-11-2-1-3-13(8-11)21(18,19)15-4-6-20-7-5-15/h1-3,8,12,14,16-17H,4-7,9-10H2. The van der Waals surface area contributed by atoms with Crippen LogP contribution in [0.3, 0.4) is 0 Å². The molecule has 21 heavy (non-hydrogen) atoms. The molecule has 1 atom stereocenters. The molecule has 118 valence electrons. The second-order valence-electron chi connectivity index (χ2n) is 4.76. The monoisotopic (exact) mass is 316 g/mol. The van der Waals surface area contributed by atoms with Gasteiger partial charge in [0.2, 0.25) is 10.0 Å². The smallest absolute Gasteiger partial charge is 0.243 e. The Morgan fingerprint density at radius 2 is 2.05 bits per heavy atom. The number of nitrogens with one attached hydrogen (secondary N) is 1. The SMILES string of the molecule is O=S(=O)(c1cccc(NCC(O)CO)c1)N1CCOCC1. The molecule has 1 saturated heterocycles. The quantitative estimate of drug-likeness (QED) is 0.653. The molecule has 0 saturated carbocycles. The predicted molar refractivity (Wildman–Crippen MR) is 77.6 cm³/mol. The van der Waals surface area contributed by atoms with Gasteiger partial charge in [0.05, 0.1) is 30.8 Å². The maximum atomic E-state index is 12.5. The van der Waals surface area contributed by atoms with Crippen molar-refractivity contribution in [1.29, 1.82) is 0 Å². The third-order valence-corrected chi connectivity index (χ3v) is 5.09. The number of aliphatic hydroxyl groups excluding tert-OH is 2. The highest BCUT2D eigenvalue weighted by molar-refractivity contribution is 7.89. The van der Waals surface area contributed by atoms with E-state index in [0.717, 1.165) is 0 Å². The van der Waals surface area contributed by atoms with Gasteiger partial charge in [-0.3, -0.25) is 0 Å². The molecule has 0 radical (unpaired) electrons. The van der Waals surface area contributed by atoms with E-state index < -0.39 is 16.1 Å². The first-order valence-electron chi connectivity index (χ1n) is 6.75. The van der Waals surface area contributed by atoms with Crippen LogP contribution in [0.5, 0.6) is 0 Å². The first-order valence-corrected chi connectivity index (χ1v) is 8.19. The Kier molecular flexibility index (Phi) is 5.54. The zero-order chi connectivity index (χ0) is 15.3. The van der Waals surface area contributed by atoms with Crippen LogP contribution in [0.2, 0.25) is 0 Å². The lowest BCUT2D eigenvalue weighted by atomic mass is 10.3. The minimum Gasteiger partial charge on any atom is -0.394 e. The molecule has 1 fully saturated rings. The molecule has 0 aliphatic carbocycles. The molecule has 1 heterocycles. The summed E-state index contributed by atoms with van der Waals surface area (Å²) in [7, 11) is -3.53. The third kappa shape index (κ3) is 4.14. The number of sulfonamides is 1. The Balaban J connectivity index is 2.12. The van der Waals surface area contributed by atoms with Crippen LogP contribution in [0.15, 0.2) is 29.2 Å². The summed E-state index contributed by atoms with van der Waals surface area (Å²) in [6.07, 6.45) is -0.885. The normalized spacial score (nSPS) is 18.4. The van der Waals surface area contributed by atoms with Gasteiger partial charge in [0, 0.05) is 25.3 Å². The van der Waals surface area contributed by atoms with Crippen molar-refractivity contribution < 1.29 is 23.4 Å². The van der Waals surface area contributed by atoms with Gasteiger partial charge >= 0.3 is 0 Å². The van der Waals surface area contributed by atoms with Crippen molar-refractivity contribution in [3.05, 3.63) is 24.3 Å². The zero-order valence-electron chi connectivity index (χ0n) is 11.6. The topological polar surface area (TPSA) is 99.1 Å². The largest absolute Gasteiger partial charge is 0.394 e. The van der Waals surface area contributed by atoms with Crippen LogP contribution in [0.4, 0.5) is 5.69 Å². The van der Waals surface area contributed by atoms with E-state index in [2.05, 4.69) is 5.32 Å². The number of rotatable bonds is 6. The molecule has 3 N–H and O–H groups in total. The fraction of sp³-hybridized carbons (Fsp3) is 0.538. The molecule has 8 heteroatoms. The van der Waals surface area contributed by atoms with Gasteiger partial charge in [0.25, 0.3) is 0 Å². The van der Waals surface area contributed by atoms with Crippen LogP contribution in [0.1, 0.15) is 0 Å². The zero-order valence-corrected chi connectivity index (χ0v) is 12.4. The number of ether oxygens (including phenoxy) is 1. The Labute approximate surface area is 124 Å². The minimum atomic E-state index is -3.53. The summed E-state index contributed by atoms with van der Waals surface area (Å²) in [5.74, 6) is 0. The van der Waals surface area contributed by atoms with Crippen LogP contribution in [-0.4, -0.2) is 68.5 Å². The molecule has 0 spiro atoms. The molecule has 0 bridgehead atoms. The second-order valence-corrected chi connectivity index (χ2v) is 6.70. The highest BCUT2D eigenvalue weighted by atomic mass is 32.2. The molecular formula is C13H20N2O5S. The molecule has 7 nitrogen and oxygen atoms in total. The lowest BCUT2D eigenvalue weighted by Crippen LogP contribution is -2.40. The van der Waals surface area contributed by atoms with Crippen LogP contribution in [-0.2, 0) is 14.8 Å². The number of hydrogen-bond acceptors (Lipinski definition) is 6. The van der Waals surface area contributed by atoms with E-state index in [0.29, 0.717) is 32.0 Å². The number of nitrogens with zero attached hydrogens (tertiary/aromatic N) is 1. The molecular weight excluding hydrogens is 296 g/mol. The number of benzene rings is 1. The summed E-state index contributed by atoms with van der Waals surface area (Å²) in [6, 6.07) is 6.41. The summed E-state index contributed by atoms with van der Waals surface area (Å²) in [4.78, 5) is 0.202. The third-order valence-electron chi connectivity index (χ3n) is 3.19. The summed E-state index contributed by atoms with van der Waals surface area (Å²) in [6.45, 7) is 1.31. The summed E-state index contributed by atoms with van der Waals surface area (Å²) >= 11 is 0. The molecule has 1 aliphatic rings. The maximum Gasteiger partial charge on any atom is 0.243 e. The van der Waals surface area contributed by atoms with E-state index in [1.54, 1.807) is 18.2 Å². The first kappa shape index (κ1) is 16.2. The molecule has 2 rings (SSSR count).